The van der Waals surface area contributed by atoms with Gasteiger partial charge in [-0.15, -0.1) is 0 Å². The number of carbonyl (C=O) groups is 1. The maximum Gasteiger partial charge on any atom is 0.238 e. The molecule has 0 aliphatic carbocycles. The Kier molecular flexibility index (Phi) is 5.18. The Hall–Kier alpha value is -0.910. The fourth-order valence-corrected chi connectivity index (χ4v) is 3.11. The van der Waals surface area contributed by atoms with Crippen LogP contribution in [-0.2, 0) is 4.79 Å². The van der Waals surface area contributed by atoms with E-state index in [0.29, 0.717) is 12.6 Å². The highest BCUT2D eigenvalue weighted by atomic mass is 79.9. The van der Waals surface area contributed by atoms with Crippen LogP contribution in [0.5, 0.6) is 0 Å². The van der Waals surface area contributed by atoms with E-state index in [-0.39, 0.29) is 11.9 Å². The van der Waals surface area contributed by atoms with E-state index in [1.807, 2.05) is 25.1 Å². The fraction of sp³-hybridized carbons (Fsp3) is 0.533. The van der Waals surface area contributed by atoms with Crippen molar-refractivity contribution < 1.29 is 4.79 Å². The average molecular weight is 340 g/mol. The zero-order valence-corrected chi connectivity index (χ0v) is 13.6. The van der Waals surface area contributed by atoms with Crippen LogP contribution in [0.15, 0.2) is 22.7 Å². The monoisotopic (exact) mass is 339 g/mol. The third-order valence-corrected chi connectivity index (χ3v) is 4.36. The van der Waals surface area contributed by atoms with Gasteiger partial charge in [0, 0.05) is 28.8 Å². The lowest BCUT2D eigenvalue weighted by molar-refractivity contribution is -0.118. The van der Waals surface area contributed by atoms with E-state index in [1.54, 1.807) is 0 Å². The van der Waals surface area contributed by atoms with Crippen LogP contribution in [0.2, 0.25) is 0 Å². The first-order valence-electron chi connectivity index (χ1n) is 7.01. The van der Waals surface area contributed by atoms with Crippen LogP contribution in [-0.4, -0.2) is 36.0 Å². The third-order valence-electron chi connectivity index (χ3n) is 3.86. The van der Waals surface area contributed by atoms with Gasteiger partial charge in [0.2, 0.25) is 5.91 Å². The minimum Gasteiger partial charge on any atom is -0.328 e. The fourth-order valence-electron chi connectivity index (χ4n) is 2.63. The topological polar surface area (TPSA) is 58.4 Å². The smallest absolute Gasteiger partial charge is 0.238 e. The Balaban J connectivity index is 1.92. The van der Waals surface area contributed by atoms with E-state index >= 15 is 0 Å². The van der Waals surface area contributed by atoms with Crippen LogP contribution in [0.25, 0.3) is 0 Å². The molecule has 2 unspecified atom stereocenters. The number of amides is 1. The average Bonchev–Trinajstić information content (AvgIpc) is 2.36. The van der Waals surface area contributed by atoms with Gasteiger partial charge in [-0.25, -0.2) is 0 Å². The van der Waals surface area contributed by atoms with E-state index in [2.05, 4.69) is 33.1 Å². The van der Waals surface area contributed by atoms with E-state index < -0.39 is 0 Å². The number of nitrogens with zero attached hydrogens (tertiary/aromatic N) is 1. The Morgan fingerprint density at radius 2 is 2.30 bits per heavy atom. The molecule has 1 amide bonds. The van der Waals surface area contributed by atoms with E-state index in [4.69, 9.17) is 5.73 Å². The zero-order chi connectivity index (χ0) is 14.7. The lowest BCUT2D eigenvalue weighted by atomic mass is 9.99. The summed E-state index contributed by atoms with van der Waals surface area (Å²) in [5, 5.41) is 2.98. The van der Waals surface area contributed by atoms with Gasteiger partial charge in [0.05, 0.1) is 6.54 Å². The van der Waals surface area contributed by atoms with Crippen LogP contribution >= 0.6 is 15.9 Å². The van der Waals surface area contributed by atoms with Crippen LogP contribution in [0.1, 0.15) is 25.3 Å². The summed E-state index contributed by atoms with van der Waals surface area (Å²) in [7, 11) is 0. The number of nitrogens with two attached hydrogens (primary N) is 1. The molecule has 0 spiro atoms. The number of likely N-dealkylation sites (tertiary alicyclic amines) is 1. The summed E-state index contributed by atoms with van der Waals surface area (Å²) in [5.41, 5.74) is 7.88. The predicted molar refractivity (Wildman–Crippen MR) is 85.8 cm³/mol. The normalized spacial score (nSPS) is 23.6. The van der Waals surface area contributed by atoms with Crippen molar-refractivity contribution in [2.45, 2.75) is 38.8 Å². The number of anilines is 1. The second kappa shape index (κ2) is 6.70. The summed E-state index contributed by atoms with van der Waals surface area (Å²) < 4.78 is 1.02. The molecule has 0 radical (unpaired) electrons. The lowest BCUT2D eigenvalue weighted by Gasteiger charge is -2.35. The molecule has 4 nitrogen and oxygen atoms in total. The minimum atomic E-state index is 0.0396. The molecular formula is C15H22BrN3O. The first-order chi connectivity index (χ1) is 9.45. The van der Waals surface area contributed by atoms with Crippen LogP contribution in [0.3, 0.4) is 0 Å². The standard InChI is InChI=1S/C15H22BrN3O/c1-10-7-12(16)3-4-14(10)18-15(20)9-19-6-5-13(17)8-11(19)2/h3-4,7,11,13H,5-6,8-9,17H2,1-2H3,(H,18,20). The molecule has 1 heterocycles. The minimum absolute atomic E-state index is 0.0396. The van der Waals surface area contributed by atoms with Crippen molar-refractivity contribution in [3.05, 3.63) is 28.2 Å². The second-order valence-corrected chi connectivity index (χ2v) is 6.53. The Labute approximate surface area is 128 Å². The quantitative estimate of drug-likeness (QED) is 0.889. The molecule has 1 aliphatic rings. The molecule has 1 saturated heterocycles. The zero-order valence-electron chi connectivity index (χ0n) is 12.0. The van der Waals surface area contributed by atoms with Crippen LogP contribution in [0.4, 0.5) is 5.69 Å². The molecule has 0 bridgehead atoms. The van der Waals surface area contributed by atoms with Crippen molar-refractivity contribution in [3.63, 3.8) is 0 Å². The van der Waals surface area contributed by atoms with E-state index in [9.17, 15) is 4.79 Å². The molecule has 1 aromatic rings. The van der Waals surface area contributed by atoms with Gasteiger partial charge < -0.3 is 11.1 Å². The Morgan fingerprint density at radius 1 is 1.55 bits per heavy atom. The van der Waals surface area contributed by atoms with Crippen molar-refractivity contribution in [3.8, 4) is 0 Å². The summed E-state index contributed by atoms with van der Waals surface area (Å²) in [4.78, 5) is 14.4. The summed E-state index contributed by atoms with van der Waals surface area (Å²) >= 11 is 3.42. The summed E-state index contributed by atoms with van der Waals surface area (Å²) in [6, 6.07) is 6.50. The van der Waals surface area contributed by atoms with Gasteiger partial charge in [0.15, 0.2) is 0 Å². The summed E-state index contributed by atoms with van der Waals surface area (Å²) in [6.45, 7) is 5.46. The van der Waals surface area contributed by atoms with Gasteiger partial charge in [-0.05, 0) is 50.5 Å². The SMILES string of the molecule is Cc1cc(Br)ccc1NC(=O)CN1CCC(N)CC1C. The number of hydrogen-bond acceptors (Lipinski definition) is 3. The number of aryl methyl sites for hydroxylation is 1. The summed E-state index contributed by atoms with van der Waals surface area (Å²) in [5.74, 6) is 0.0396. The highest BCUT2D eigenvalue weighted by Crippen LogP contribution is 2.20. The molecule has 1 aromatic carbocycles. The van der Waals surface area contributed by atoms with Crippen molar-refractivity contribution in [1.82, 2.24) is 4.90 Å². The number of benzene rings is 1. The van der Waals surface area contributed by atoms with Crippen LogP contribution in [0, 0.1) is 6.92 Å². The maximum absolute atomic E-state index is 12.1. The molecular weight excluding hydrogens is 318 g/mol. The van der Waals surface area contributed by atoms with Crippen molar-refractivity contribution >= 4 is 27.5 Å². The van der Waals surface area contributed by atoms with Gasteiger partial charge in [0.25, 0.3) is 0 Å². The first-order valence-corrected chi connectivity index (χ1v) is 7.80. The number of piperidine rings is 1. The third kappa shape index (κ3) is 4.04. The predicted octanol–water partition coefficient (Wildman–Crippen LogP) is 2.51. The first kappa shape index (κ1) is 15.5. The van der Waals surface area contributed by atoms with Gasteiger partial charge in [0.1, 0.15) is 0 Å². The van der Waals surface area contributed by atoms with Gasteiger partial charge in [-0.1, -0.05) is 15.9 Å². The number of rotatable bonds is 3. The second-order valence-electron chi connectivity index (χ2n) is 5.61. The molecule has 110 valence electrons. The van der Waals surface area contributed by atoms with E-state index in [0.717, 1.165) is 35.1 Å². The lowest BCUT2D eigenvalue weighted by Crippen LogP contribution is -2.48. The maximum atomic E-state index is 12.1. The molecule has 2 atom stereocenters. The number of carbonyl (C=O) groups excluding carboxylic acids is 1. The Bertz CT molecular complexity index is 492. The van der Waals surface area contributed by atoms with Gasteiger partial charge >= 0.3 is 0 Å². The molecule has 2 rings (SSSR count). The highest BCUT2D eigenvalue weighted by molar-refractivity contribution is 9.10. The van der Waals surface area contributed by atoms with Gasteiger partial charge in [-0.2, -0.15) is 0 Å². The van der Waals surface area contributed by atoms with Gasteiger partial charge in [-0.3, -0.25) is 9.69 Å². The van der Waals surface area contributed by atoms with Crippen molar-refractivity contribution in [1.29, 1.82) is 0 Å². The molecule has 20 heavy (non-hydrogen) atoms. The number of halogens is 1. The molecule has 5 heteroatoms. The largest absolute Gasteiger partial charge is 0.328 e. The summed E-state index contributed by atoms with van der Waals surface area (Å²) in [6.07, 6.45) is 1.93. The molecule has 3 N–H and O–H groups in total. The van der Waals surface area contributed by atoms with Crippen molar-refractivity contribution in [2.75, 3.05) is 18.4 Å². The molecule has 0 aromatic heterocycles. The molecule has 1 aliphatic heterocycles. The Morgan fingerprint density at radius 3 is 2.95 bits per heavy atom. The number of hydrogen-bond donors (Lipinski definition) is 2. The van der Waals surface area contributed by atoms with Crippen molar-refractivity contribution in [2.24, 2.45) is 5.73 Å². The van der Waals surface area contributed by atoms with Crippen LogP contribution < -0.4 is 11.1 Å². The highest BCUT2D eigenvalue weighted by Gasteiger charge is 2.24. The van der Waals surface area contributed by atoms with E-state index in [1.165, 1.54) is 0 Å². The molecule has 1 fully saturated rings. The molecule has 0 saturated carbocycles. The number of nitrogens with one attached hydrogen (secondary N) is 1.